The molecule has 0 heterocycles. The molecule has 0 radical (unpaired) electrons. The number of carbonyl (C=O) groups is 1. The number of ketones is 1. The molecule has 0 unspecified atom stereocenters. The van der Waals surface area contributed by atoms with Crippen LogP contribution in [0, 0.1) is 10.1 Å². The minimum Gasteiger partial charge on any atom is -0.294 e. The van der Waals surface area contributed by atoms with E-state index in [4.69, 9.17) is 11.6 Å². The molecule has 2 rings (SSSR count). The molecule has 108 valence electrons. The van der Waals surface area contributed by atoms with Crippen molar-refractivity contribution in [3.05, 3.63) is 68.7 Å². The van der Waals surface area contributed by atoms with Gasteiger partial charge in [0, 0.05) is 21.7 Å². The Morgan fingerprint density at radius 3 is 2.62 bits per heavy atom. The number of carbonyl (C=O) groups excluding carboxylic acids is 1. The number of nitrogens with zero attached hydrogens (tertiary/aromatic N) is 1. The van der Waals surface area contributed by atoms with Gasteiger partial charge in [0.15, 0.2) is 5.78 Å². The predicted octanol–water partition coefficient (Wildman–Crippen LogP) is 4.74. The standard InChI is InChI=1S/C15H12ClNO3S/c1-10(18)13-7-6-12(8-15(13)17(19)20)21-9-11-4-2-3-5-14(11)16/h2-8H,9H2,1H3. The van der Waals surface area contributed by atoms with E-state index < -0.39 is 4.92 Å². The first-order valence-electron chi connectivity index (χ1n) is 6.14. The summed E-state index contributed by atoms with van der Waals surface area (Å²) in [6.45, 7) is 1.32. The van der Waals surface area contributed by atoms with Crippen molar-refractivity contribution >= 4 is 34.8 Å². The van der Waals surface area contributed by atoms with E-state index in [2.05, 4.69) is 0 Å². The molecule has 0 atom stereocenters. The topological polar surface area (TPSA) is 60.2 Å². The van der Waals surface area contributed by atoms with Crippen molar-refractivity contribution in [1.82, 2.24) is 0 Å². The summed E-state index contributed by atoms with van der Waals surface area (Å²) >= 11 is 7.51. The molecule has 0 saturated carbocycles. The third kappa shape index (κ3) is 3.83. The van der Waals surface area contributed by atoms with Gasteiger partial charge in [-0.25, -0.2) is 0 Å². The van der Waals surface area contributed by atoms with Crippen LogP contribution in [-0.4, -0.2) is 10.7 Å². The molecule has 0 bridgehead atoms. The number of hydrogen-bond donors (Lipinski definition) is 0. The van der Waals surface area contributed by atoms with Gasteiger partial charge >= 0.3 is 0 Å². The lowest BCUT2D eigenvalue weighted by atomic mass is 10.1. The van der Waals surface area contributed by atoms with Gasteiger partial charge in [0.1, 0.15) is 0 Å². The molecule has 0 aliphatic rings. The largest absolute Gasteiger partial charge is 0.294 e. The maximum atomic E-state index is 11.4. The maximum Gasteiger partial charge on any atom is 0.281 e. The van der Waals surface area contributed by atoms with Crippen LogP contribution >= 0.6 is 23.4 Å². The molecule has 0 fully saturated rings. The van der Waals surface area contributed by atoms with Crippen LogP contribution in [-0.2, 0) is 5.75 Å². The number of hydrogen-bond acceptors (Lipinski definition) is 4. The van der Waals surface area contributed by atoms with E-state index in [-0.39, 0.29) is 17.0 Å². The highest BCUT2D eigenvalue weighted by Crippen LogP contribution is 2.30. The van der Waals surface area contributed by atoms with Crippen LogP contribution in [0.2, 0.25) is 5.02 Å². The van der Waals surface area contributed by atoms with Gasteiger partial charge in [-0.05, 0) is 30.7 Å². The SMILES string of the molecule is CC(=O)c1ccc(SCc2ccccc2Cl)cc1[N+](=O)[O-]. The molecule has 0 aliphatic carbocycles. The number of benzene rings is 2. The van der Waals surface area contributed by atoms with Crippen LogP contribution in [0.15, 0.2) is 47.4 Å². The van der Waals surface area contributed by atoms with Crippen LogP contribution < -0.4 is 0 Å². The fourth-order valence-electron chi connectivity index (χ4n) is 1.83. The first-order chi connectivity index (χ1) is 9.99. The van der Waals surface area contributed by atoms with Gasteiger partial charge in [0.2, 0.25) is 0 Å². The van der Waals surface area contributed by atoms with Gasteiger partial charge in [-0.3, -0.25) is 14.9 Å². The Morgan fingerprint density at radius 1 is 1.29 bits per heavy atom. The lowest BCUT2D eigenvalue weighted by Gasteiger charge is -2.05. The first kappa shape index (κ1) is 15.5. The van der Waals surface area contributed by atoms with Crippen molar-refractivity contribution in [3.8, 4) is 0 Å². The number of nitro groups is 1. The van der Waals surface area contributed by atoms with Crippen molar-refractivity contribution < 1.29 is 9.72 Å². The molecule has 21 heavy (non-hydrogen) atoms. The average Bonchev–Trinajstić information content (AvgIpc) is 2.46. The second-order valence-electron chi connectivity index (χ2n) is 4.37. The van der Waals surface area contributed by atoms with Gasteiger partial charge in [-0.15, -0.1) is 11.8 Å². The Balaban J connectivity index is 2.22. The monoisotopic (exact) mass is 321 g/mol. The lowest BCUT2D eigenvalue weighted by Crippen LogP contribution is -2.00. The van der Waals surface area contributed by atoms with E-state index in [1.807, 2.05) is 18.2 Å². The van der Waals surface area contributed by atoms with Gasteiger partial charge < -0.3 is 0 Å². The highest BCUT2D eigenvalue weighted by atomic mass is 35.5. The van der Waals surface area contributed by atoms with Crippen molar-refractivity contribution in [2.45, 2.75) is 17.6 Å². The number of thioether (sulfide) groups is 1. The second-order valence-corrected chi connectivity index (χ2v) is 5.83. The summed E-state index contributed by atoms with van der Waals surface area (Å²) in [4.78, 5) is 22.6. The molecular formula is C15H12ClNO3S. The van der Waals surface area contributed by atoms with E-state index in [0.29, 0.717) is 10.8 Å². The quantitative estimate of drug-likeness (QED) is 0.345. The summed E-state index contributed by atoms with van der Waals surface area (Å²) in [5, 5.41) is 11.7. The Labute approximate surface area is 131 Å². The average molecular weight is 322 g/mol. The number of rotatable bonds is 5. The van der Waals surface area contributed by atoms with Crippen LogP contribution in [0.3, 0.4) is 0 Å². The summed E-state index contributed by atoms with van der Waals surface area (Å²) in [7, 11) is 0. The Kier molecular flexibility index (Phi) is 4.98. The van der Waals surface area contributed by atoms with Crippen molar-refractivity contribution in [3.63, 3.8) is 0 Å². The summed E-state index contributed by atoms with van der Waals surface area (Å²) in [5.41, 5.74) is 0.927. The zero-order valence-corrected chi connectivity index (χ0v) is 12.8. The molecule has 2 aromatic rings. The highest BCUT2D eigenvalue weighted by molar-refractivity contribution is 7.98. The zero-order valence-electron chi connectivity index (χ0n) is 11.2. The van der Waals surface area contributed by atoms with Crippen LogP contribution in [0.4, 0.5) is 5.69 Å². The fraction of sp³-hybridized carbons (Fsp3) is 0.133. The van der Waals surface area contributed by atoms with E-state index >= 15 is 0 Å². The highest BCUT2D eigenvalue weighted by Gasteiger charge is 2.18. The Bertz CT molecular complexity index is 703. The van der Waals surface area contributed by atoms with E-state index in [0.717, 1.165) is 10.5 Å². The normalized spacial score (nSPS) is 10.4. The van der Waals surface area contributed by atoms with Gasteiger partial charge in [0.05, 0.1) is 10.5 Å². The van der Waals surface area contributed by atoms with Crippen LogP contribution in [0.5, 0.6) is 0 Å². The maximum absolute atomic E-state index is 11.4. The van der Waals surface area contributed by atoms with Gasteiger partial charge in [0.25, 0.3) is 5.69 Å². The first-order valence-corrected chi connectivity index (χ1v) is 7.51. The van der Waals surface area contributed by atoms with E-state index in [9.17, 15) is 14.9 Å². The molecule has 2 aromatic carbocycles. The molecule has 0 aliphatic heterocycles. The van der Waals surface area contributed by atoms with Crippen LogP contribution in [0.1, 0.15) is 22.8 Å². The van der Waals surface area contributed by atoms with Gasteiger partial charge in [-0.1, -0.05) is 29.8 Å². The third-order valence-electron chi connectivity index (χ3n) is 2.90. The smallest absolute Gasteiger partial charge is 0.281 e. The molecule has 0 aromatic heterocycles. The molecule has 4 nitrogen and oxygen atoms in total. The number of nitro benzene ring substituents is 1. The predicted molar refractivity (Wildman–Crippen MR) is 84.1 cm³/mol. The van der Waals surface area contributed by atoms with Crippen LogP contribution in [0.25, 0.3) is 0 Å². The zero-order chi connectivity index (χ0) is 15.4. The fourth-order valence-corrected chi connectivity index (χ4v) is 3.04. The third-order valence-corrected chi connectivity index (χ3v) is 4.31. The molecule has 0 N–H and O–H groups in total. The van der Waals surface area contributed by atoms with Crippen molar-refractivity contribution in [2.24, 2.45) is 0 Å². The minimum atomic E-state index is -0.531. The number of halogens is 1. The molecule has 0 spiro atoms. The Morgan fingerprint density at radius 2 is 2.00 bits per heavy atom. The van der Waals surface area contributed by atoms with Crippen molar-refractivity contribution in [2.75, 3.05) is 0 Å². The molecular weight excluding hydrogens is 310 g/mol. The van der Waals surface area contributed by atoms with Crippen molar-refractivity contribution in [1.29, 1.82) is 0 Å². The van der Waals surface area contributed by atoms with E-state index in [1.165, 1.54) is 30.8 Å². The summed E-state index contributed by atoms with van der Waals surface area (Å²) < 4.78 is 0. The lowest BCUT2D eigenvalue weighted by molar-refractivity contribution is -0.385. The summed E-state index contributed by atoms with van der Waals surface area (Å²) in [5.74, 6) is 0.292. The van der Waals surface area contributed by atoms with Gasteiger partial charge in [-0.2, -0.15) is 0 Å². The summed E-state index contributed by atoms with van der Waals surface area (Å²) in [6, 6.07) is 12.1. The molecule has 0 saturated heterocycles. The number of Topliss-reactive ketones (excluding diaryl/α,β-unsaturated/α-hetero) is 1. The Hall–Kier alpha value is -1.85. The molecule has 0 amide bonds. The summed E-state index contributed by atoms with van der Waals surface area (Å²) in [6.07, 6.45) is 0. The minimum absolute atomic E-state index is 0.127. The van der Waals surface area contributed by atoms with E-state index in [1.54, 1.807) is 12.1 Å². The second kappa shape index (κ2) is 6.74. The molecule has 6 heteroatoms.